The number of rotatable bonds is 6. The number of amides is 1. The van der Waals surface area contributed by atoms with E-state index in [1.54, 1.807) is 0 Å². The van der Waals surface area contributed by atoms with E-state index in [4.69, 9.17) is 10.2 Å². The third-order valence-electron chi connectivity index (χ3n) is 1.77. The molecule has 1 rings (SSSR count). The highest BCUT2D eigenvalue weighted by Crippen LogP contribution is 1.94. The van der Waals surface area contributed by atoms with Crippen LogP contribution in [0.2, 0.25) is 0 Å². The number of hydrogen-bond donors (Lipinski definition) is 2. The number of carbonyl (C=O) groups is 3. The van der Waals surface area contributed by atoms with E-state index in [9.17, 15) is 14.4 Å². The van der Waals surface area contributed by atoms with Crippen LogP contribution in [-0.2, 0) is 20.9 Å². The first-order valence-corrected chi connectivity index (χ1v) is 4.54. The smallest absolute Gasteiger partial charge is 0.323 e. The number of aromatic nitrogens is 3. The molecule has 0 saturated carbocycles. The van der Waals surface area contributed by atoms with Crippen molar-refractivity contribution in [3.8, 4) is 0 Å². The first-order valence-electron chi connectivity index (χ1n) is 4.54. The molecule has 0 bridgehead atoms. The Morgan fingerprint density at radius 3 is 2.18 bits per heavy atom. The van der Waals surface area contributed by atoms with Crippen LogP contribution in [0.4, 0.5) is 0 Å². The van der Waals surface area contributed by atoms with Crippen molar-refractivity contribution in [2.24, 2.45) is 0 Å². The molecule has 0 spiro atoms. The largest absolute Gasteiger partial charge is 0.480 e. The molecule has 0 atom stereocenters. The lowest BCUT2D eigenvalue weighted by atomic mass is 10.4. The highest BCUT2D eigenvalue weighted by molar-refractivity contribution is 5.84. The SMILES string of the molecule is O=C(O)CN(CC(=O)O)C(=O)Cn1ccnn1. The molecule has 1 aromatic rings. The van der Waals surface area contributed by atoms with Gasteiger partial charge in [0.2, 0.25) is 5.91 Å². The standard InChI is InChI=1S/C8H10N4O5/c13-6(3-12-2-1-9-10-12)11(4-7(14)15)5-8(16)17/h1-2H,3-5H2,(H,14,15)(H,16,17). The van der Waals surface area contributed by atoms with Crippen molar-refractivity contribution in [2.45, 2.75) is 6.54 Å². The van der Waals surface area contributed by atoms with Crippen LogP contribution in [0.25, 0.3) is 0 Å². The molecule has 0 aliphatic heterocycles. The molecule has 0 fully saturated rings. The summed E-state index contributed by atoms with van der Waals surface area (Å²) < 4.78 is 1.18. The quantitative estimate of drug-likeness (QED) is 0.607. The first kappa shape index (κ1) is 12.6. The molecular weight excluding hydrogens is 232 g/mol. The van der Waals surface area contributed by atoms with E-state index in [2.05, 4.69) is 10.3 Å². The van der Waals surface area contributed by atoms with Gasteiger partial charge in [-0.05, 0) is 0 Å². The van der Waals surface area contributed by atoms with Crippen LogP contribution in [0, 0.1) is 0 Å². The fourth-order valence-electron chi connectivity index (χ4n) is 1.11. The van der Waals surface area contributed by atoms with Crippen molar-refractivity contribution in [3.63, 3.8) is 0 Å². The number of carbonyl (C=O) groups excluding carboxylic acids is 1. The Bertz CT molecular complexity index is 400. The highest BCUT2D eigenvalue weighted by atomic mass is 16.4. The van der Waals surface area contributed by atoms with Crippen LogP contribution in [0.1, 0.15) is 0 Å². The van der Waals surface area contributed by atoms with E-state index < -0.39 is 30.9 Å². The zero-order chi connectivity index (χ0) is 12.8. The normalized spacial score (nSPS) is 9.88. The van der Waals surface area contributed by atoms with E-state index >= 15 is 0 Å². The molecule has 17 heavy (non-hydrogen) atoms. The van der Waals surface area contributed by atoms with Gasteiger partial charge < -0.3 is 15.1 Å². The van der Waals surface area contributed by atoms with Crippen molar-refractivity contribution in [1.29, 1.82) is 0 Å². The zero-order valence-electron chi connectivity index (χ0n) is 8.68. The van der Waals surface area contributed by atoms with Gasteiger partial charge in [0.1, 0.15) is 19.6 Å². The molecule has 2 N–H and O–H groups in total. The third kappa shape index (κ3) is 4.28. The van der Waals surface area contributed by atoms with Gasteiger partial charge in [0.05, 0.1) is 6.20 Å². The summed E-state index contributed by atoms with van der Waals surface area (Å²) in [7, 11) is 0. The summed E-state index contributed by atoms with van der Waals surface area (Å²) in [6.07, 6.45) is 2.77. The van der Waals surface area contributed by atoms with Gasteiger partial charge in [-0.3, -0.25) is 14.4 Å². The maximum Gasteiger partial charge on any atom is 0.323 e. The van der Waals surface area contributed by atoms with Gasteiger partial charge in [0, 0.05) is 6.20 Å². The number of nitrogens with zero attached hydrogens (tertiary/aromatic N) is 4. The molecule has 1 amide bonds. The molecule has 9 nitrogen and oxygen atoms in total. The van der Waals surface area contributed by atoms with Gasteiger partial charge in [-0.15, -0.1) is 5.10 Å². The van der Waals surface area contributed by atoms with E-state index in [0.717, 1.165) is 0 Å². The summed E-state index contributed by atoms with van der Waals surface area (Å²) in [6.45, 7) is -1.58. The lowest BCUT2D eigenvalue weighted by Gasteiger charge is -2.17. The first-order chi connectivity index (χ1) is 7.99. The van der Waals surface area contributed by atoms with Crippen molar-refractivity contribution in [3.05, 3.63) is 12.4 Å². The second kappa shape index (κ2) is 5.58. The maximum absolute atomic E-state index is 11.6. The summed E-state index contributed by atoms with van der Waals surface area (Å²) in [5.41, 5.74) is 0. The fraction of sp³-hybridized carbons (Fsp3) is 0.375. The predicted octanol–water partition coefficient (Wildman–Crippen LogP) is -1.72. The Kier molecular flexibility index (Phi) is 4.14. The number of carboxylic acid groups (broad SMARTS) is 2. The minimum atomic E-state index is -1.28. The molecule has 0 saturated heterocycles. The topological polar surface area (TPSA) is 126 Å². The lowest BCUT2D eigenvalue weighted by Crippen LogP contribution is -2.41. The van der Waals surface area contributed by atoms with Crippen molar-refractivity contribution >= 4 is 17.8 Å². The molecule has 1 aromatic heterocycles. The minimum Gasteiger partial charge on any atom is -0.480 e. The Balaban J connectivity index is 2.65. The van der Waals surface area contributed by atoms with Crippen molar-refractivity contribution in [2.75, 3.05) is 13.1 Å². The van der Waals surface area contributed by atoms with Gasteiger partial charge >= 0.3 is 11.9 Å². The molecule has 92 valence electrons. The summed E-state index contributed by atoms with van der Waals surface area (Å²) in [4.78, 5) is 33.3. The van der Waals surface area contributed by atoms with E-state index in [0.29, 0.717) is 4.90 Å². The van der Waals surface area contributed by atoms with Crippen LogP contribution < -0.4 is 0 Å². The zero-order valence-corrected chi connectivity index (χ0v) is 8.68. The van der Waals surface area contributed by atoms with Gasteiger partial charge in [-0.25, -0.2) is 4.68 Å². The average Bonchev–Trinajstić information content (AvgIpc) is 2.67. The highest BCUT2D eigenvalue weighted by Gasteiger charge is 2.19. The van der Waals surface area contributed by atoms with Crippen LogP contribution in [0.5, 0.6) is 0 Å². The van der Waals surface area contributed by atoms with Crippen LogP contribution in [-0.4, -0.2) is 61.0 Å². The minimum absolute atomic E-state index is 0.249. The molecule has 0 aliphatic rings. The number of aliphatic carboxylic acids is 2. The van der Waals surface area contributed by atoms with E-state index in [-0.39, 0.29) is 6.54 Å². The second-order valence-electron chi connectivity index (χ2n) is 3.14. The van der Waals surface area contributed by atoms with Gasteiger partial charge in [-0.2, -0.15) is 0 Å². The van der Waals surface area contributed by atoms with Crippen molar-refractivity contribution < 1.29 is 24.6 Å². The Labute approximate surface area is 95.2 Å². The second-order valence-corrected chi connectivity index (χ2v) is 3.14. The fourth-order valence-corrected chi connectivity index (χ4v) is 1.11. The average molecular weight is 242 g/mol. The monoisotopic (exact) mass is 242 g/mol. The number of carboxylic acids is 2. The molecular formula is C8H10N4O5. The lowest BCUT2D eigenvalue weighted by molar-refractivity contribution is -0.149. The molecule has 0 aromatic carbocycles. The molecule has 0 unspecified atom stereocenters. The van der Waals surface area contributed by atoms with Crippen LogP contribution in [0.15, 0.2) is 12.4 Å². The number of hydrogen-bond acceptors (Lipinski definition) is 5. The molecule has 1 heterocycles. The van der Waals surface area contributed by atoms with Gasteiger partial charge in [0.15, 0.2) is 0 Å². The molecule has 0 aliphatic carbocycles. The molecule has 0 radical (unpaired) electrons. The predicted molar refractivity (Wildman–Crippen MR) is 51.9 cm³/mol. The Morgan fingerprint density at radius 2 is 1.76 bits per heavy atom. The summed E-state index contributed by atoms with van der Waals surface area (Å²) in [5, 5.41) is 24.1. The Morgan fingerprint density at radius 1 is 1.18 bits per heavy atom. The van der Waals surface area contributed by atoms with Crippen LogP contribution in [0.3, 0.4) is 0 Å². The van der Waals surface area contributed by atoms with Crippen molar-refractivity contribution in [1.82, 2.24) is 19.9 Å². The third-order valence-corrected chi connectivity index (χ3v) is 1.77. The Hall–Kier alpha value is -2.45. The van der Waals surface area contributed by atoms with Gasteiger partial charge in [0.25, 0.3) is 0 Å². The van der Waals surface area contributed by atoms with E-state index in [1.807, 2.05) is 0 Å². The van der Waals surface area contributed by atoms with Crippen LogP contribution >= 0.6 is 0 Å². The van der Waals surface area contributed by atoms with Gasteiger partial charge in [-0.1, -0.05) is 5.21 Å². The summed E-state index contributed by atoms with van der Waals surface area (Å²) >= 11 is 0. The van der Waals surface area contributed by atoms with E-state index in [1.165, 1.54) is 17.1 Å². The molecule has 9 heteroatoms. The summed E-state index contributed by atoms with van der Waals surface area (Å²) in [6, 6.07) is 0. The maximum atomic E-state index is 11.6. The summed E-state index contributed by atoms with van der Waals surface area (Å²) in [5.74, 6) is -3.21.